The number of rotatable bonds is 3. The number of nitrogens with zero attached hydrogens (tertiary/aromatic N) is 4. The molecule has 1 aromatic carbocycles. The Hall–Kier alpha value is -2.48. The van der Waals surface area contributed by atoms with Crippen LogP contribution in [0.1, 0.15) is 32.2 Å². The SMILES string of the molecule is Cn1c(=O)c2c(SCc3ccc(F)cc3)nc(C(C)(C)C)nc2n(C)c1=O. The summed E-state index contributed by atoms with van der Waals surface area (Å²) in [5.74, 6) is 0.775. The normalized spacial score (nSPS) is 11.9. The quantitative estimate of drug-likeness (QED) is 0.510. The van der Waals surface area contributed by atoms with Gasteiger partial charge in [0.15, 0.2) is 5.65 Å². The molecule has 0 radical (unpaired) electrons. The Labute approximate surface area is 160 Å². The lowest BCUT2D eigenvalue weighted by molar-refractivity contribution is 0.539. The number of fused-ring (bicyclic) bond motifs is 1. The van der Waals surface area contributed by atoms with Crippen molar-refractivity contribution < 1.29 is 4.39 Å². The van der Waals surface area contributed by atoms with Crippen molar-refractivity contribution in [3.8, 4) is 0 Å². The number of thioether (sulfide) groups is 1. The lowest BCUT2D eigenvalue weighted by Crippen LogP contribution is -2.38. The Kier molecular flexibility index (Phi) is 4.94. The second kappa shape index (κ2) is 6.92. The van der Waals surface area contributed by atoms with E-state index < -0.39 is 11.2 Å². The van der Waals surface area contributed by atoms with Gasteiger partial charge in [0.1, 0.15) is 22.1 Å². The van der Waals surface area contributed by atoms with E-state index in [9.17, 15) is 14.0 Å². The Morgan fingerprint density at radius 1 is 1.04 bits per heavy atom. The molecule has 2 heterocycles. The predicted octanol–water partition coefficient (Wildman–Crippen LogP) is 2.76. The molecule has 3 aromatic rings. The van der Waals surface area contributed by atoms with E-state index in [4.69, 9.17) is 0 Å². The van der Waals surface area contributed by atoms with Gasteiger partial charge in [0.25, 0.3) is 5.56 Å². The van der Waals surface area contributed by atoms with Crippen LogP contribution in [0, 0.1) is 5.82 Å². The standard InChI is InChI=1S/C19H21FN4O2S/c1-19(2,3)17-21-14-13(16(25)24(5)18(26)23(14)4)15(22-17)27-10-11-6-8-12(20)9-7-11/h6-9H,10H2,1-5H3. The number of benzene rings is 1. The summed E-state index contributed by atoms with van der Waals surface area (Å²) < 4.78 is 15.5. The van der Waals surface area contributed by atoms with Gasteiger partial charge in [-0.25, -0.2) is 19.2 Å². The van der Waals surface area contributed by atoms with E-state index in [0.717, 1.165) is 10.1 Å². The first-order valence-corrected chi connectivity index (χ1v) is 9.43. The van der Waals surface area contributed by atoms with Crippen molar-refractivity contribution in [2.75, 3.05) is 0 Å². The third-order valence-corrected chi connectivity index (χ3v) is 5.27. The predicted molar refractivity (Wildman–Crippen MR) is 105 cm³/mol. The molecule has 0 spiro atoms. The number of hydrogen-bond acceptors (Lipinski definition) is 5. The highest BCUT2D eigenvalue weighted by atomic mass is 32.2. The third-order valence-electron chi connectivity index (χ3n) is 4.23. The van der Waals surface area contributed by atoms with Crippen LogP contribution < -0.4 is 11.2 Å². The zero-order valence-electron chi connectivity index (χ0n) is 15.9. The summed E-state index contributed by atoms with van der Waals surface area (Å²) in [6.07, 6.45) is 0. The molecule has 0 unspecified atom stereocenters. The van der Waals surface area contributed by atoms with Crippen LogP contribution in [0.5, 0.6) is 0 Å². The fraction of sp³-hybridized carbons (Fsp3) is 0.368. The Morgan fingerprint density at radius 3 is 2.26 bits per heavy atom. The van der Waals surface area contributed by atoms with Gasteiger partial charge < -0.3 is 0 Å². The summed E-state index contributed by atoms with van der Waals surface area (Å²) in [5.41, 5.74) is 0.0312. The topological polar surface area (TPSA) is 69.8 Å². The third kappa shape index (κ3) is 3.66. The van der Waals surface area contributed by atoms with Crippen LogP contribution in [0.2, 0.25) is 0 Å². The van der Waals surface area contributed by atoms with E-state index in [2.05, 4.69) is 9.97 Å². The number of aromatic nitrogens is 4. The largest absolute Gasteiger partial charge is 0.332 e. The molecule has 0 bridgehead atoms. The minimum absolute atomic E-state index is 0.296. The number of hydrogen-bond donors (Lipinski definition) is 0. The monoisotopic (exact) mass is 388 g/mol. The van der Waals surface area contributed by atoms with Crippen LogP contribution in [0.4, 0.5) is 4.39 Å². The van der Waals surface area contributed by atoms with Gasteiger partial charge >= 0.3 is 5.69 Å². The highest BCUT2D eigenvalue weighted by Gasteiger charge is 2.23. The summed E-state index contributed by atoms with van der Waals surface area (Å²) in [7, 11) is 3.04. The number of halogens is 1. The van der Waals surface area contributed by atoms with Gasteiger partial charge in [-0.05, 0) is 17.7 Å². The summed E-state index contributed by atoms with van der Waals surface area (Å²) >= 11 is 1.37. The van der Waals surface area contributed by atoms with Crippen LogP contribution in [-0.4, -0.2) is 19.1 Å². The van der Waals surface area contributed by atoms with E-state index in [1.54, 1.807) is 19.2 Å². The molecule has 0 aliphatic heterocycles. The average Bonchev–Trinajstić information content (AvgIpc) is 2.62. The molecule has 0 aliphatic carbocycles. The minimum atomic E-state index is -0.430. The maximum atomic E-state index is 13.1. The minimum Gasteiger partial charge on any atom is -0.280 e. The first kappa shape index (κ1) is 19.3. The average molecular weight is 388 g/mol. The van der Waals surface area contributed by atoms with E-state index >= 15 is 0 Å². The van der Waals surface area contributed by atoms with E-state index in [1.807, 2.05) is 20.8 Å². The molecular weight excluding hydrogens is 367 g/mol. The molecule has 0 saturated heterocycles. The molecule has 142 valence electrons. The fourth-order valence-corrected chi connectivity index (χ4v) is 3.57. The molecular formula is C19H21FN4O2S. The van der Waals surface area contributed by atoms with Crippen LogP contribution >= 0.6 is 11.8 Å². The number of aryl methyl sites for hydroxylation is 1. The molecule has 0 fully saturated rings. The van der Waals surface area contributed by atoms with Gasteiger partial charge in [-0.15, -0.1) is 11.8 Å². The molecule has 3 rings (SSSR count). The van der Waals surface area contributed by atoms with Crippen molar-refractivity contribution in [1.29, 1.82) is 0 Å². The van der Waals surface area contributed by atoms with E-state index in [-0.39, 0.29) is 11.2 Å². The van der Waals surface area contributed by atoms with Crippen LogP contribution in [0.15, 0.2) is 38.9 Å². The molecule has 0 aliphatic rings. The molecule has 8 heteroatoms. The lowest BCUT2D eigenvalue weighted by Gasteiger charge is -2.19. The highest BCUT2D eigenvalue weighted by molar-refractivity contribution is 7.98. The second-order valence-electron chi connectivity index (χ2n) is 7.42. The molecule has 6 nitrogen and oxygen atoms in total. The second-order valence-corrected chi connectivity index (χ2v) is 8.39. The molecule has 0 amide bonds. The zero-order valence-corrected chi connectivity index (χ0v) is 16.7. The maximum Gasteiger partial charge on any atom is 0.332 e. The Morgan fingerprint density at radius 2 is 1.67 bits per heavy atom. The van der Waals surface area contributed by atoms with Crippen molar-refractivity contribution in [2.45, 2.75) is 37.0 Å². The van der Waals surface area contributed by atoms with Crippen molar-refractivity contribution in [1.82, 2.24) is 19.1 Å². The van der Waals surface area contributed by atoms with E-state index in [1.165, 1.54) is 35.5 Å². The van der Waals surface area contributed by atoms with Gasteiger partial charge in [-0.1, -0.05) is 32.9 Å². The molecule has 27 heavy (non-hydrogen) atoms. The Bertz CT molecular complexity index is 1130. The smallest absolute Gasteiger partial charge is 0.280 e. The van der Waals surface area contributed by atoms with Crippen molar-refractivity contribution >= 4 is 22.8 Å². The Balaban J connectivity index is 2.21. The summed E-state index contributed by atoms with van der Waals surface area (Å²) in [6.45, 7) is 5.92. The van der Waals surface area contributed by atoms with Crippen LogP contribution in [0.25, 0.3) is 11.0 Å². The van der Waals surface area contributed by atoms with E-state index in [0.29, 0.717) is 27.6 Å². The zero-order chi connectivity index (χ0) is 19.9. The maximum absolute atomic E-state index is 13.1. The van der Waals surface area contributed by atoms with Gasteiger partial charge in [0, 0.05) is 25.3 Å². The molecule has 0 atom stereocenters. The lowest BCUT2D eigenvalue weighted by atomic mass is 9.96. The van der Waals surface area contributed by atoms with Gasteiger partial charge in [0.05, 0.1) is 0 Å². The van der Waals surface area contributed by atoms with Gasteiger partial charge in [-0.3, -0.25) is 13.9 Å². The fourth-order valence-electron chi connectivity index (χ4n) is 2.60. The van der Waals surface area contributed by atoms with Gasteiger partial charge in [0.2, 0.25) is 0 Å². The van der Waals surface area contributed by atoms with Crippen LogP contribution in [0.3, 0.4) is 0 Å². The van der Waals surface area contributed by atoms with Gasteiger partial charge in [-0.2, -0.15) is 0 Å². The molecule has 0 saturated carbocycles. The van der Waals surface area contributed by atoms with Crippen molar-refractivity contribution in [3.05, 3.63) is 62.3 Å². The van der Waals surface area contributed by atoms with Crippen LogP contribution in [-0.2, 0) is 25.3 Å². The molecule has 2 aromatic heterocycles. The first-order valence-electron chi connectivity index (χ1n) is 8.45. The van der Waals surface area contributed by atoms with Crippen molar-refractivity contribution in [3.63, 3.8) is 0 Å². The summed E-state index contributed by atoms with van der Waals surface area (Å²) in [4.78, 5) is 34.2. The molecule has 0 N–H and O–H groups in total. The summed E-state index contributed by atoms with van der Waals surface area (Å²) in [6, 6.07) is 6.20. The highest BCUT2D eigenvalue weighted by Crippen LogP contribution is 2.29. The first-order chi connectivity index (χ1) is 12.6. The summed E-state index contributed by atoms with van der Waals surface area (Å²) in [5, 5.41) is 0.838. The van der Waals surface area contributed by atoms with Crippen molar-refractivity contribution in [2.24, 2.45) is 14.1 Å².